The molecule has 3 heteroatoms. The molecule has 0 spiro atoms. The second kappa shape index (κ2) is 6.07. The lowest BCUT2D eigenvalue weighted by atomic mass is 10.1. The molecule has 1 fully saturated rings. The number of hydrogen-bond donors (Lipinski definition) is 1. The van der Waals surface area contributed by atoms with Gasteiger partial charge in [0.05, 0.1) is 5.69 Å². The molecule has 0 aromatic heterocycles. The molecule has 0 radical (unpaired) electrons. The van der Waals surface area contributed by atoms with Crippen LogP contribution >= 0.6 is 15.9 Å². The summed E-state index contributed by atoms with van der Waals surface area (Å²) in [5, 5.41) is 3.28. The van der Waals surface area contributed by atoms with Gasteiger partial charge >= 0.3 is 0 Å². The van der Waals surface area contributed by atoms with E-state index in [1.54, 1.807) is 0 Å². The number of nitrogens with one attached hydrogen (secondary N) is 1. The third-order valence-corrected chi connectivity index (χ3v) is 4.74. The number of anilines is 1. The molecule has 100 valence electrons. The maximum absolute atomic E-state index is 3.73. The average molecular weight is 311 g/mol. The van der Waals surface area contributed by atoms with Crippen LogP contribution in [0.3, 0.4) is 0 Å². The van der Waals surface area contributed by atoms with E-state index in [9.17, 15) is 0 Å². The second-order valence-corrected chi connectivity index (χ2v) is 6.08. The first-order chi connectivity index (χ1) is 8.65. The lowest BCUT2D eigenvalue weighted by Gasteiger charge is -2.21. The van der Waals surface area contributed by atoms with Gasteiger partial charge in [0.25, 0.3) is 0 Å². The van der Waals surface area contributed by atoms with E-state index in [0.29, 0.717) is 6.04 Å². The Morgan fingerprint density at radius 1 is 1.50 bits per heavy atom. The molecule has 2 rings (SSSR count). The van der Waals surface area contributed by atoms with E-state index in [0.717, 1.165) is 5.92 Å². The van der Waals surface area contributed by atoms with Crippen molar-refractivity contribution in [2.75, 3.05) is 25.0 Å². The fourth-order valence-electron chi connectivity index (χ4n) is 2.60. The van der Waals surface area contributed by atoms with Gasteiger partial charge in [-0.05, 0) is 59.9 Å². The Bertz CT molecular complexity index is 405. The fourth-order valence-corrected chi connectivity index (χ4v) is 3.25. The zero-order valence-electron chi connectivity index (χ0n) is 11.5. The van der Waals surface area contributed by atoms with Crippen molar-refractivity contribution in [1.29, 1.82) is 0 Å². The van der Waals surface area contributed by atoms with Crippen molar-refractivity contribution < 1.29 is 0 Å². The molecule has 1 aromatic carbocycles. The Balaban J connectivity index is 2.15. The van der Waals surface area contributed by atoms with E-state index in [2.05, 4.69) is 58.2 Å². The molecular formula is C15H23BrN2. The lowest BCUT2D eigenvalue weighted by molar-refractivity contribution is 0.569. The van der Waals surface area contributed by atoms with Crippen LogP contribution in [0.2, 0.25) is 0 Å². The lowest BCUT2D eigenvalue weighted by Crippen LogP contribution is -2.20. The summed E-state index contributed by atoms with van der Waals surface area (Å²) in [6.07, 6.45) is 2.63. The Hall–Kier alpha value is -0.540. The van der Waals surface area contributed by atoms with Crippen LogP contribution in [0.1, 0.15) is 38.3 Å². The minimum absolute atomic E-state index is 0.400. The molecule has 1 aliphatic rings. The molecule has 2 unspecified atom stereocenters. The molecule has 0 bridgehead atoms. The molecular weight excluding hydrogens is 288 g/mol. The maximum atomic E-state index is 3.73. The molecule has 1 saturated heterocycles. The number of halogens is 1. The first-order valence-electron chi connectivity index (χ1n) is 6.87. The van der Waals surface area contributed by atoms with Crippen LogP contribution in [0.4, 0.5) is 5.69 Å². The minimum Gasteiger partial charge on any atom is -0.370 e. The van der Waals surface area contributed by atoms with Gasteiger partial charge in [0.1, 0.15) is 0 Å². The molecule has 0 amide bonds. The molecule has 1 heterocycles. The van der Waals surface area contributed by atoms with Gasteiger partial charge in [0, 0.05) is 23.6 Å². The monoisotopic (exact) mass is 310 g/mol. The topological polar surface area (TPSA) is 15.3 Å². The van der Waals surface area contributed by atoms with E-state index in [-0.39, 0.29) is 0 Å². The second-order valence-electron chi connectivity index (χ2n) is 5.23. The fraction of sp³-hybridized carbons (Fsp3) is 0.600. The van der Waals surface area contributed by atoms with Crippen LogP contribution in [0, 0.1) is 5.92 Å². The van der Waals surface area contributed by atoms with Crippen molar-refractivity contribution in [3.8, 4) is 0 Å². The van der Waals surface area contributed by atoms with Crippen molar-refractivity contribution in [3.63, 3.8) is 0 Å². The quantitative estimate of drug-likeness (QED) is 0.905. The number of benzene rings is 1. The van der Waals surface area contributed by atoms with Crippen molar-refractivity contribution in [1.82, 2.24) is 5.32 Å². The normalized spacial score (nSPS) is 21.3. The van der Waals surface area contributed by atoms with E-state index < -0.39 is 0 Å². The Morgan fingerprint density at radius 2 is 2.28 bits per heavy atom. The van der Waals surface area contributed by atoms with Gasteiger partial charge in [-0.25, -0.2) is 0 Å². The van der Waals surface area contributed by atoms with Gasteiger partial charge in [-0.2, -0.15) is 0 Å². The van der Waals surface area contributed by atoms with Crippen LogP contribution in [-0.2, 0) is 0 Å². The highest BCUT2D eigenvalue weighted by Crippen LogP contribution is 2.33. The van der Waals surface area contributed by atoms with Crippen LogP contribution in [-0.4, -0.2) is 20.1 Å². The summed E-state index contributed by atoms with van der Waals surface area (Å²) >= 11 is 3.73. The summed E-state index contributed by atoms with van der Waals surface area (Å²) in [4.78, 5) is 2.51. The summed E-state index contributed by atoms with van der Waals surface area (Å²) in [7, 11) is 2.00. The van der Waals surface area contributed by atoms with Gasteiger partial charge in [-0.3, -0.25) is 0 Å². The van der Waals surface area contributed by atoms with Crippen molar-refractivity contribution in [2.24, 2.45) is 5.92 Å². The van der Waals surface area contributed by atoms with Gasteiger partial charge in [-0.1, -0.05) is 19.4 Å². The van der Waals surface area contributed by atoms with Gasteiger partial charge in [0.2, 0.25) is 0 Å². The molecule has 0 saturated carbocycles. The third-order valence-electron chi connectivity index (χ3n) is 4.11. The highest BCUT2D eigenvalue weighted by Gasteiger charge is 2.22. The Kier molecular flexibility index (Phi) is 4.68. The summed E-state index contributed by atoms with van der Waals surface area (Å²) in [5.41, 5.74) is 2.68. The first kappa shape index (κ1) is 13.9. The number of hydrogen-bond acceptors (Lipinski definition) is 2. The van der Waals surface area contributed by atoms with Crippen molar-refractivity contribution >= 4 is 21.6 Å². The standard InChI is InChI=1S/C15H23BrN2/c1-4-12-7-8-18(10-12)15-6-5-13(9-14(15)16)11(2)17-3/h5-6,9,11-12,17H,4,7-8,10H2,1-3H3. The van der Waals surface area contributed by atoms with E-state index >= 15 is 0 Å². The molecule has 18 heavy (non-hydrogen) atoms. The predicted molar refractivity (Wildman–Crippen MR) is 82.2 cm³/mol. The molecule has 1 aliphatic heterocycles. The Morgan fingerprint density at radius 3 is 2.83 bits per heavy atom. The van der Waals surface area contributed by atoms with Crippen molar-refractivity contribution in [3.05, 3.63) is 28.2 Å². The van der Waals surface area contributed by atoms with Crippen LogP contribution < -0.4 is 10.2 Å². The van der Waals surface area contributed by atoms with Gasteiger partial charge in [-0.15, -0.1) is 0 Å². The largest absolute Gasteiger partial charge is 0.370 e. The zero-order chi connectivity index (χ0) is 13.1. The highest BCUT2D eigenvalue weighted by molar-refractivity contribution is 9.10. The van der Waals surface area contributed by atoms with Gasteiger partial charge < -0.3 is 10.2 Å². The van der Waals surface area contributed by atoms with Crippen LogP contribution in [0.15, 0.2) is 22.7 Å². The van der Waals surface area contributed by atoms with E-state index in [4.69, 9.17) is 0 Å². The summed E-state index contributed by atoms with van der Waals surface area (Å²) in [6.45, 7) is 6.87. The zero-order valence-corrected chi connectivity index (χ0v) is 13.1. The van der Waals surface area contributed by atoms with E-state index in [1.807, 2.05) is 7.05 Å². The van der Waals surface area contributed by atoms with Crippen LogP contribution in [0.5, 0.6) is 0 Å². The summed E-state index contributed by atoms with van der Waals surface area (Å²) < 4.78 is 1.22. The SMILES string of the molecule is CCC1CCN(c2ccc(C(C)NC)cc2Br)C1. The molecule has 0 aliphatic carbocycles. The summed E-state index contributed by atoms with van der Waals surface area (Å²) in [5.74, 6) is 0.868. The number of nitrogens with zero attached hydrogens (tertiary/aromatic N) is 1. The van der Waals surface area contributed by atoms with E-state index in [1.165, 1.54) is 41.7 Å². The third kappa shape index (κ3) is 2.89. The average Bonchev–Trinajstić information content (AvgIpc) is 2.86. The van der Waals surface area contributed by atoms with Crippen molar-refractivity contribution in [2.45, 2.75) is 32.7 Å². The molecule has 1 aromatic rings. The maximum Gasteiger partial charge on any atom is 0.0510 e. The number of rotatable bonds is 4. The molecule has 2 atom stereocenters. The smallest absolute Gasteiger partial charge is 0.0510 e. The highest BCUT2D eigenvalue weighted by atomic mass is 79.9. The predicted octanol–water partition coefficient (Wildman–Crippen LogP) is 3.97. The molecule has 2 nitrogen and oxygen atoms in total. The van der Waals surface area contributed by atoms with Gasteiger partial charge in [0.15, 0.2) is 0 Å². The molecule has 1 N–H and O–H groups in total. The van der Waals surface area contributed by atoms with Crippen LogP contribution in [0.25, 0.3) is 0 Å². The first-order valence-corrected chi connectivity index (χ1v) is 7.66. The summed E-state index contributed by atoms with van der Waals surface area (Å²) in [6, 6.07) is 7.14. The Labute approximate surface area is 119 Å². The minimum atomic E-state index is 0.400.